The summed E-state index contributed by atoms with van der Waals surface area (Å²) in [5.74, 6) is -0.782. The van der Waals surface area contributed by atoms with Gasteiger partial charge in [-0.25, -0.2) is 14.4 Å². The minimum Gasteiger partial charge on any atom is -0.343 e. The Labute approximate surface area is 183 Å². The molecule has 31 heavy (non-hydrogen) atoms. The zero-order chi connectivity index (χ0) is 21.8. The monoisotopic (exact) mass is 435 g/mol. The second-order valence-electron chi connectivity index (χ2n) is 7.05. The third-order valence-corrected chi connectivity index (χ3v) is 5.04. The molecule has 8 heteroatoms. The van der Waals surface area contributed by atoms with E-state index < -0.39 is 5.82 Å². The van der Waals surface area contributed by atoms with Gasteiger partial charge in [0.25, 0.3) is 5.91 Å². The topological polar surface area (TPSA) is 72.7 Å². The van der Waals surface area contributed by atoms with Crippen molar-refractivity contribution in [1.29, 1.82) is 0 Å². The average Bonchev–Trinajstić information content (AvgIpc) is 3.27. The quantitative estimate of drug-likeness (QED) is 0.477. The number of imidazole rings is 1. The Morgan fingerprint density at radius 1 is 1.19 bits per heavy atom. The Morgan fingerprint density at radius 3 is 2.77 bits per heavy atom. The van der Waals surface area contributed by atoms with Crippen molar-refractivity contribution in [3.05, 3.63) is 101 Å². The SMILES string of the molecule is CC(NC(=O)c1cc(Cn2ccnc2)cc(-c2ccc(F)cc2Cl)n1)c1ccccn1. The van der Waals surface area contributed by atoms with Crippen molar-refractivity contribution in [3.8, 4) is 11.3 Å². The van der Waals surface area contributed by atoms with Crippen LogP contribution in [0.25, 0.3) is 11.3 Å². The zero-order valence-corrected chi connectivity index (χ0v) is 17.4. The molecule has 156 valence electrons. The minimum atomic E-state index is -0.439. The number of nitrogens with zero attached hydrogens (tertiary/aromatic N) is 4. The number of carbonyl (C=O) groups is 1. The number of aromatic nitrogens is 4. The number of halogens is 2. The number of hydrogen-bond donors (Lipinski definition) is 1. The maximum atomic E-state index is 13.5. The average molecular weight is 436 g/mol. The molecule has 4 aromatic rings. The molecule has 1 atom stereocenters. The van der Waals surface area contributed by atoms with E-state index in [9.17, 15) is 9.18 Å². The Bertz CT molecular complexity index is 1200. The molecule has 6 nitrogen and oxygen atoms in total. The summed E-state index contributed by atoms with van der Waals surface area (Å²) in [5.41, 5.74) is 2.84. The van der Waals surface area contributed by atoms with E-state index in [2.05, 4.69) is 20.3 Å². The van der Waals surface area contributed by atoms with E-state index in [1.807, 2.05) is 42.0 Å². The molecule has 1 amide bonds. The number of pyridine rings is 2. The summed E-state index contributed by atoms with van der Waals surface area (Å²) in [6.45, 7) is 2.34. The number of amides is 1. The van der Waals surface area contributed by atoms with Gasteiger partial charge in [0.05, 0.1) is 28.8 Å². The molecule has 0 aliphatic heterocycles. The number of carbonyl (C=O) groups excluding carboxylic acids is 1. The smallest absolute Gasteiger partial charge is 0.270 e. The Hall–Kier alpha value is -3.58. The number of nitrogens with one attached hydrogen (secondary N) is 1. The Morgan fingerprint density at radius 2 is 2.06 bits per heavy atom. The number of benzene rings is 1. The molecule has 3 heterocycles. The molecule has 0 aliphatic rings. The van der Waals surface area contributed by atoms with Gasteiger partial charge in [-0.3, -0.25) is 9.78 Å². The van der Waals surface area contributed by atoms with E-state index in [-0.39, 0.29) is 22.7 Å². The third-order valence-electron chi connectivity index (χ3n) is 4.73. The standard InChI is InChI=1S/C23H19ClFN5O/c1-15(20-4-2-3-7-27-20)28-23(31)22-11-16(13-30-9-8-26-14-30)10-21(29-22)18-6-5-17(25)12-19(18)24/h2-12,14-15H,13H2,1H3,(H,28,31). The lowest BCUT2D eigenvalue weighted by Crippen LogP contribution is -2.28. The van der Waals surface area contributed by atoms with Crippen molar-refractivity contribution < 1.29 is 9.18 Å². The fourth-order valence-corrected chi connectivity index (χ4v) is 3.46. The summed E-state index contributed by atoms with van der Waals surface area (Å²) in [7, 11) is 0. The second-order valence-corrected chi connectivity index (χ2v) is 7.46. The van der Waals surface area contributed by atoms with E-state index in [1.165, 1.54) is 12.1 Å². The van der Waals surface area contributed by atoms with E-state index in [0.29, 0.717) is 17.8 Å². The molecule has 0 radical (unpaired) electrons. The van der Waals surface area contributed by atoms with Crippen LogP contribution < -0.4 is 5.32 Å². The number of rotatable bonds is 6. The lowest BCUT2D eigenvalue weighted by Gasteiger charge is -2.15. The maximum Gasteiger partial charge on any atom is 0.270 e. The minimum absolute atomic E-state index is 0.223. The van der Waals surface area contributed by atoms with Gasteiger partial charge in [0, 0.05) is 30.7 Å². The molecule has 0 bridgehead atoms. The van der Waals surface area contributed by atoms with Crippen LogP contribution in [0.15, 0.2) is 73.4 Å². The molecule has 1 aromatic carbocycles. The predicted molar refractivity (Wildman–Crippen MR) is 116 cm³/mol. The fourth-order valence-electron chi connectivity index (χ4n) is 3.20. The molecule has 0 saturated heterocycles. The van der Waals surface area contributed by atoms with Crippen LogP contribution in [0.4, 0.5) is 4.39 Å². The van der Waals surface area contributed by atoms with E-state index in [0.717, 1.165) is 11.3 Å². The predicted octanol–water partition coefficient (Wildman–Crippen LogP) is 4.67. The normalized spacial score (nSPS) is 11.8. The first-order valence-corrected chi connectivity index (χ1v) is 10.0. The maximum absolute atomic E-state index is 13.5. The summed E-state index contributed by atoms with van der Waals surface area (Å²) in [6, 6.07) is 12.9. The van der Waals surface area contributed by atoms with Crippen molar-refractivity contribution in [2.24, 2.45) is 0 Å². The molecular formula is C23H19ClFN5O. The van der Waals surface area contributed by atoms with Gasteiger partial charge in [0.1, 0.15) is 11.5 Å². The van der Waals surface area contributed by atoms with Gasteiger partial charge in [-0.05, 0) is 55.0 Å². The van der Waals surface area contributed by atoms with Crippen LogP contribution in [0, 0.1) is 5.82 Å². The van der Waals surface area contributed by atoms with Crippen molar-refractivity contribution in [1.82, 2.24) is 24.8 Å². The van der Waals surface area contributed by atoms with Crippen molar-refractivity contribution in [3.63, 3.8) is 0 Å². The summed E-state index contributed by atoms with van der Waals surface area (Å²) in [4.78, 5) is 25.8. The third kappa shape index (κ3) is 4.95. The van der Waals surface area contributed by atoms with Crippen LogP contribution in [-0.2, 0) is 6.54 Å². The molecule has 1 N–H and O–H groups in total. The molecule has 0 spiro atoms. The van der Waals surface area contributed by atoms with E-state index in [4.69, 9.17) is 11.6 Å². The summed E-state index contributed by atoms with van der Waals surface area (Å²) < 4.78 is 15.4. The highest BCUT2D eigenvalue weighted by atomic mass is 35.5. The van der Waals surface area contributed by atoms with E-state index in [1.54, 1.807) is 30.9 Å². The van der Waals surface area contributed by atoms with Crippen molar-refractivity contribution >= 4 is 17.5 Å². The van der Waals surface area contributed by atoms with Crippen LogP contribution in [0.2, 0.25) is 5.02 Å². The van der Waals surface area contributed by atoms with Gasteiger partial charge in [0.15, 0.2) is 0 Å². The van der Waals surface area contributed by atoms with Crippen molar-refractivity contribution in [2.75, 3.05) is 0 Å². The molecule has 0 saturated carbocycles. The zero-order valence-electron chi connectivity index (χ0n) is 16.7. The molecule has 3 aromatic heterocycles. The Kier molecular flexibility index (Phi) is 6.04. The van der Waals surface area contributed by atoms with Gasteiger partial charge in [-0.2, -0.15) is 0 Å². The van der Waals surface area contributed by atoms with Gasteiger partial charge < -0.3 is 9.88 Å². The van der Waals surface area contributed by atoms with Crippen LogP contribution in [0.1, 0.15) is 34.7 Å². The lowest BCUT2D eigenvalue weighted by molar-refractivity contribution is 0.0934. The van der Waals surface area contributed by atoms with Gasteiger partial charge in [0.2, 0.25) is 0 Å². The highest BCUT2D eigenvalue weighted by molar-refractivity contribution is 6.33. The van der Waals surface area contributed by atoms with E-state index >= 15 is 0 Å². The first-order valence-electron chi connectivity index (χ1n) is 9.63. The van der Waals surface area contributed by atoms with Crippen LogP contribution in [0.3, 0.4) is 0 Å². The highest BCUT2D eigenvalue weighted by Crippen LogP contribution is 2.28. The highest BCUT2D eigenvalue weighted by Gasteiger charge is 2.17. The van der Waals surface area contributed by atoms with Crippen LogP contribution >= 0.6 is 11.6 Å². The summed E-state index contributed by atoms with van der Waals surface area (Å²) in [5, 5.41) is 3.15. The molecule has 0 fully saturated rings. The first-order chi connectivity index (χ1) is 15.0. The van der Waals surface area contributed by atoms with Gasteiger partial charge in [-0.1, -0.05) is 17.7 Å². The van der Waals surface area contributed by atoms with Crippen molar-refractivity contribution in [2.45, 2.75) is 19.5 Å². The number of hydrogen-bond acceptors (Lipinski definition) is 4. The van der Waals surface area contributed by atoms with Gasteiger partial charge >= 0.3 is 0 Å². The van der Waals surface area contributed by atoms with Crippen LogP contribution in [0.5, 0.6) is 0 Å². The fraction of sp³-hybridized carbons (Fsp3) is 0.130. The molecule has 1 unspecified atom stereocenters. The van der Waals surface area contributed by atoms with Gasteiger partial charge in [-0.15, -0.1) is 0 Å². The molecular weight excluding hydrogens is 417 g/mol. The van der Waals surface area contributed by atoms with Crippen LogP contribution in [-0.4, -0.2) is 25.4 Å². The first kappa shape index (κ1) is 20.7. The molecule has 4 rings (SSSR count). The Balaban J connectivity index is 1.69. The molecule has 0 aliphatic carbocycles. The summed E-state index contributed by atoms with van der Waals surface area (Å²) in [6.07, 6.45) is 6.87. The largest absolute Gasteiger partial charge is 0.343 e. The summed E-state index contributed by atoms with van der Waals surface area (Å²) >= 11 is 6.25. The lowest BCUT2D eigenvalue weighted by atomic mass is 10.1. The second kappa shape index (κ2) is 9.06.